The maximum Gasteiger partial charge on any atom is 0.293 e. The summed E-state index contributed by atoms with van der Waals surface area (Å²) < 4.78 is 4.79. The van der Waals surface area contributed by atoms with Gasteiger partial charge in [0.2, 0.25) is 0 Å². The fourth-order valence-electron chi connectivity index (χ4n) is 1.68. The summed E-state index contributed by atoms with van der Waals surface area (Å²) in [6.07, 6.45) is 3.54. The Labute approximate surface area is 115 Å². The maximum absolute atomic E-state index is 10.2. The summed E-state index contributed by atoms with van der Waals surface area (Å²) in [4.78, 5) is 18.7. The number of anilines is 2. The van der Waals surface area contributed by atoms with Crippen molar-refractivity contribution in [3.63, 3.8) is 0 Å². The first-order valence-corrected chi connectivity index (χ1v) is 6.76. The van der Waals surface area contributed by atoms with Crippen molar-refractivity contribution >= 4 is 28.5 Å². The van der Waals surface area contributed by atoms with Gasteiger partial charge in [0, 0.05) is 12.1 Å². The van der Waals surface area contributed by atoms with E-state index in [-0.39, 0.29) is 5.92 Å². The Morgan fingerprint density at radius 3 is 3.16 bits per heavy atom. The van der Waals surface area contributed by atoms with Gasteiger partial charge < -0.3 is 10.1 Å². The third-order valence-electron chi connectivity index (χ3n) is 2.76. The van der Waals surface area contributed by atoms with E-state index in [2.05, 4.69) is 15.3 Å². The fraction of sp³-hybridized carbons (Fsp3) is 0.308. The van der Waals surface area contributed by atoms with Crippen LogP contribution in [0.15, 0.2) is 24.0 Å². The zero-order valence-corrected chi connectivity index (χ0v) is 11.6. The van der Waals surface area contributed by atoms with Gasteiger partial charge in [-0.05, 0) is 18.6 Å². The van der Waals surface area contributed by atoms with Crippen molar-refractivity contribution in [2.45, 2.75) is 19.8 Å². The van der Waals surface area contributed by atoms with Crippen molar-refractivity contribution in [3.8, 4) is 0 Å². The van der Waals surface area contributed by atoms with E-state index in [4.69, 9.17) is 4.74 Å². The van der Waals surface area contributed by atoms with E-state index in [9.17, 15) is 4.79 Å². The van der Waals surface area contributed by atoms with Crippen LogP contribution in [0.4, 0.5) is 10.7 Å². The lowest BCUT2D eigenvalue weighted by atomic mass is 10.1. The van der Waals surface area contributed by atoms with Crippen molar-refractivity contribution in [1.82, 2.24) is 9.97 Å². The zero-order chi connectivity index (χ0) is 13.7. The third-order valence-corrected chi connectivity index (χ3v) is 3.52. The molecule has 2 heterocycles. The van der Waals surface area contributed by atoms with Gasteiger partial charge in [-0.1, -0.05) is 6.92 Å². The summed E-state index contributed by atoms with van der Waals surface area (Å²) in [6.45, 7) is 4.78. The summed E-state index contributed by atoms with van der Waals surface area (Å²) >= 11 is 1.52. The average Bonchev–Trinajstić information content (AvgIpc) is 2.87. The summed E-state index contributed by atoms with van der Waals surface area (Å²) in [6, 6.07) is 1.95. The highest BCUT2D eigenvalue weighted by atomic mass is 32.1. The molecule has 19 heavy (non-hydrogen) atoms. The first-order valence-electron chi connectivity index (χ1n) is 5.88. The molecule has 0 amide bonds. The lowest BCUT2D eigenvalue weighted by Crippen LogP contribution is -2.06. The predicted octanol–water partition coefficient (Wildman–Crippen LogP) is 2.87. The second kappa shape index (κ2) is 6.29. The Morgan fingerprint density at radius 1 is 1.58 bits per heavy atom. The van der Waals surface area contributed by atoms with Gasteiger partial charge in [-0.25, -0.2) is 4.98 Å². The van der Waals surface area contributed by atoms with Crippen molar-refractivity contribution < 1.29 is 9.53 Å². The topological polar surface area (TPSA) is 64.1 Å². The van der Waals surface area contributed by atoms with Gasteiger partial charge in [-0.15, -0.1) is 11.3 Å². The third kappa shape index (κ3) is 3.29. The van der Waals surface area contributed by atoms with Crippen LogP contribution in [0.2, 0.25) is 0 Å². The molecule has 100 valence electrons. The fourth-order valence-corrected chi connectivity index (χ4v) is 2.49. The number of hydrogen-bond acceptors (Lipinski definition) is 6. The highest BCUT2D eigenvalue weighted by molar-refractivity contribution is 7.14. The van der Waals surface area contributed by atoms with Gasteiger partial charge in [0.15, 0.2) is 0 Å². The Kier molecular flexibility index (Phi) is 4.46. The van der Waals surface area contributed by atoms with Gasteiger partial charge in [-0.3, -0.25) is 9.78 Å². The number of carbonyl (C=O) groups excluding carboxylic acids is 1. The number of rotatable bonds is 6. The average molecular weight is 277 g/mol. The lowest BCUT2D eigenvalue weighted by molar-refractivity contribution is -0.129. The van der Waals surface area contributed by atoms with Crippen molar-refractivity contribution in [1.29, 1.82) is 0 Å². The SMILES string of the molecule is Cc1ccncc1Nc1scnc1C(C)COC=O. The molecule has 2 rings (SSSR count). The second-order valence-electron chi connectivity index (χ2n) is 4.21. The molecule has 5 nitrogen and oxygen atoms in total. The molecule has 0 aliphatic carbocycles. The highest BCUT2D eigenvalue weighted by Crippen LogP contribution is 2.31. The molecule has 0 aliphatic heterocycles. The zero-order valence-electron chi connectivity index (χ0n) is 10.8. The molecule has 0 radical (unpaired) electrons. The molecule has 2 aromatic rings. The van der Waals surface area contributed by atoms with Gasteiger partial charge in [0.1, 0.15) is 5.00 Å². The maximum atomic E-state index is 10.2. The summed E-state index contributed by atoms with van der Waals surface area (Å²) in [5, 5.41) is 4.28. The standard InChI is InChI=1S/C13H15N3O2S/c1-9-3-4-14-5-11(9)16-13-12(15-7-19-13)10(2)6-18-8-17/h3-5,7-8,10,16H,6H2,1-2H3. The monoisotopic (exact) mass is 277 g/mol. The number of nitrogens with zero attached hydrogens (tertiary/aromatic N) is 2. The second-order valence-corrected chi connectivity index (χ2v) is 5.07. The molecule has 0 fully saturated rings. The molecule has 6 heteroatoms. The molecule has 1 atom stereocenters. The number of thiazole rings is 1. The number of aromatic nitrogens is 2. The van der Waals surface area contributed by atoms with Crippen molar-refractivity contribution in [3.05, 3.63) is 35.2 Å². The first-order chi connectivity index (χ1) is 9.22. The van der Waals surface area contributed by atoms with Crippen LogP contribution in [-0.2, 0) is 9.53 Å². The molecule has 1 unspecified atom stereocenters. The van der Waals surface area contributed by atoms with Gasteiger partial charge in [0.25, 0.3) is 6.47 Å². The first kappa shape index (κ1) is 13.5. The minimum atomic E-state index is 0.0518. The number of aryl methyl sites for hydroxylation is 1. The Morgan fingerprint density at radius 2 is 2.42 bits per heavy atom. The smallest absolute Gasteiger partial charge is 0.293 e. The van der Waals surface area contributed by atoms with Crippen LogP contribution < -0.4 is 5.32 Å². The highest BCUT2D eigenvalue weighted by Gasteiger charge is 2.15. The minimum Gasteiger partial charge on any atom is -0.467 e. The molecular formula is C13H15N3O2S. The van der Waals surface area contributed by atoms with E-state index in [1.54, 1.807) is 17.9 Å². The van der Waals surface area contributed by atoms with E-state index in [0.29, 0.717) is 13.1 Å². The van der Waals surface area contributed by atoms with Crippen LogP contribution in [0.25, 0.3) is 0 Å². The van der Waals surface area contributed by atoms with Gasteiger partial charge >= 0.3 is 0 Å². The van der Waals surface area contributed by atoms with E-state index < -0.39 is 0 Å². The predicted molar refractivity (Wildman–Crippen MR) is 74.8 cm³/mol. The lowest BCUT2D eigenvalue weighted by Gasteiger charge is -2.12. The summed E-state index contributed by atoms with van der Waals surface area (Å²) in [7, 11) is 0. The molecule has 2 aromatic heterocycles. The number of carbonyl (C=O) groups is 1. The molecule has 0 spiro atoms. The number of ether oxygens (including phenoxy) is 1. The Bertz CT molecular complexity index is 556. The van der Waals surface area contributed by atoms with Gasteiger partial charge in [-0.2, -0.15) is 0 Å². The van der Waals surface area contributed by atoms with E-state index in [1.165, 1.54) is 11.3 Å². The largest absolute Gasteiger partial charge is 0.467 e. The molecule has 0 saturated heterocycles. The Hall–Kier alpha value is -1.95. The molecule has 0 aromatic carbocycles. The minimum absolute atomic E-state index is 0.0518. The Balaban J connectivity index is 2.16. The van der Waals surface area contributed by atoms with Crippen LogP contribution in [0.3, 0.4) is 0 Å². The number of nitrogens with one attached hydrogen (secondary N) is 1. The van der Waals surface area contributed by atoms with Crippen LogP contribution in [0.5, 0.6) is 0 Å². The molecular weight excluding hydrogens is 262 g/mol. The van der Waals surface area contributed by atoms with Gasteiger partial charge in [0.05, 0.1) is 29.7 Å². The number of pyridine rings is 1. The van der Waals surface area contributed by atoms with E-state index in [0.717, 1.165) is 21.9 Å². The summed E-state index contributed by atoms with van der Waals surface area (Å²) in [5.41, 5.74) is 4.75. The van der Waals surface area contributed by atoms with E-state index in [1.807, 2.05) is 19.9 Å². The van der Waals surface area contributed by atoms with Crippen LogP contribution in [-0.4, -0.2) is 23.0 Å². The molecule has 1 N–H and O–H groups in total. The van der Waals surface area contributed by atoms with Crippen LogP contribution >= 0.6 is 11.3 Å². The summed E-state index contributed by atoms with van der Waals surface area (Å²) in [5.74, 6) is 0.0518. The number of hydrogen-bond donors (Lipinski definition) is 1. The van der Waals surface area contributed by atoms with Crippen LogP contribution in [0.1, 0.15) is 24.1 Å². The quantitative estimate of drug-likeness (QED) is 0.822. The molecule has 0 bridgehead atoms. The normalized spacial score (nSPS) is 11.9. The molecule has 0 saturated carbocycles. The van der Waals surface area contributed by atoms with Crippen molar-refractivity contribution in [2.75, 3.05) is 11.9 Å². The van der Waals surface area contributed by atoms with E-state index >= 15 is 0 Å². The van der Waals surface area contributed by atoms with Crippen molar-refractivity contribution in [2.24, 2.45) is 0 Å². The van der Waals surface area contributed by atoms with Crippen LogP contribution in [0, 0.1) is 6.92 Å². The molecule has 0 aliphatic rings.